The van der Waals surface area contributed by atoms with Crippen LogP contribution in [0.25, 0.3) is 11.5 Å². The molecule has 1 aromatic heterocycles. The number of nitrogens with two attached hydrogens (primary N) is 1. The van der Waals surface area contributed by atoms with E-state index in [0.717, 1.165) is 31.2 Å². The number of benzene rings is 1. The average Bonchev–Trinajstić information content (AvgIpc) is 2.89. The van der Waals surface area contributed by atoms with Gasteiger partial charge in [0.05, 0.1) is 5.54 Å². The molecule has 0 radical (unpaired) electrons. The van der Waals surface area contributed by atoms with E-state index >= 15 is 0 Å². The summed E-state index contributed by atoms with van der Waals surface area (Å²) in [5.74, 6) is 0.562. The van der Waals surface area contributed by atoms with Crippen molar-refractivity contribution >= 4 is 0 Å². The first-order valence-electron chi connectivity index (χ1n) is 6.97. The lowest BCUT2D eigenvalue weighted by atomic mass is 9.82. The second-order valence-corrected chi connectivity index (χ2v) is 5.66. The molecular weight excluding hydrogens is 257 g/mol. The Morgan fingerprint density at radius 1 is 1.20 bits per heavy atom. The van der Waals surface area contributed by atoms with Crippen LogP contribution in [0.1, 0.15) is 43.5 Å². The monoisotopic (exact) mass is 275 g/mol. The Kier molecular flexibility index (Phi) is 3.30. The molecule has 0 atom stereocenters. The topological polar surface area (TPSA) is 64.9 Å². The summed E-state index contributed by atoms with van der Waals surface area (Å²) in [5.41, 5.74) is 7.29. The Morgan fingerprint density at radius 2 is 1.95 bits per heavy atom. The maximum atomic E-state index is 13.4. The smallest absolute Gasteiger partial charge is 0.258 e. The number of halogens is 1. The average molecular weight is 275 g/mol. The van der Waals surface area contributed by atoms with Gasteiger partial charge in [-0.2, -0.15) is 4.98 Å². The summed E-state index contributed by atoms with van der Waals surface area (Å²) in [4.78, 5) is 4.39. The maximum Gasteiger partial charge on any atom is 0.258 e. The lowest BCUT2D eigenvalue weighted by molar-refractivity contribution is 0.275. The van der Waals surface area contributed by atoms with Crippen LogP contribution in [0.5, 0.6) is 0 Å². The minimum atomic E-state index is -0.498. The van der Waals surface area contributed by atoms with Crippen LogP contribution >= 0.6 is 0 Å². The molecular formula is C15H18FN3O. The summed E-state index contributed by atoms with van der Waals surface area (Å²) >= 11 is 0. The van der Waals surface area contributed by atoms with Gasteiger partial charge in [0.25, 0.3) is 5.89 Å². The molecule has 20 heavy (non-hydrogen) atoms. The van der Waals surface area contributed by atoms with Gasteiger partial charge in [0.1, 0.15) is 5.82 Å². The summed E-state index contributed by atoms with van der Waals surface area (Å²) in [5, 5.41) is 4.01. The molecule has 1 saturated carbocycles. The molecule has 0 unspecified atom stereocenters. The Morgan fingerprint density at radius 3 is 2.65 bits per heavy atom. The highest BCUT2D eigenvalue weighted by atomic mass is 19.1. The van der Waals surface area contributed by atoms with Gasteiger partial charge in [-0.15, -0.1) is 0 Å². The van der Waals surface area contributed by atoms with Crippen molar-refractivity contribution in [2.24, 2.45) is 5.73 Å². The van der Waals surface area contributed by atoms with Crippen LogP contribution in [-0.4, -0.2) is 10.1 Å². The van der Waals surface area contributed by atoms with Crippen LogP contribution in [-0.2, 0) is 5.54 Å². The van der Waals surface area contributed by atoms with Crippen molar-refractivity contribution < 1.29 is 8.91 Å². The molecule has 4 nitrogen and oxygen atoms in total. The molecule has 0 aliphatic heterocycles. The summed E-state index contributed by atoms with van der Waals surface area (Å²) in [6.07, 6.45) is 5.11. The van der Waals surface area contributed by atoms with E-state index in [2.05, 4.69) is 10.1 Å². The van der Waals surface area contributed by atoms with Gasteiger partial charge in [-0.25, -0.2) is 4.39 Å². The third-order valence-corrected chi connectivity index (χ3v) is 3.91. The predicted octanol–water partition coefficient (Wildman–Crippen LogP) is 3.30. The normalized spacial score (nSPS) is 18.1. The van der Waals surface area contributed by atoms with Crippen LogP contribution in [0.2, 0.25) is 0 Å². The highest BCUT2D eigenvalue weighted by Crippen LogP contribution is 2.34. The molecule has 5 heteroatoms. The number of nitrogens with zero attached hydrogens (tertiary/aromatic N) is 2. The van der Waals surface area contributed by atoms with Crippen molar-refractivity contribution in [2.45, 2.75) is 44.6 Å². The van der Waals surface area contributed by atoms with E-state index in [1.165, 1.54) is 18.6 Å². The quantitative estimate of drug-likeness (QED) is 0.913. The van der Waals surface area contributed by atoms with Gasteiger partial charge in [0.2, 0.25) is 0 Å². The van der Waals surface area contributed by atoms with Crippen molar-refractivity contribution in [1.82, 2.24) is 10.1 Å². The first kappa shape index (κ1) is 13.2. The third kappa shape index (κ3) is 2.45. The molecule has 2 N–H and O–H groups in total. The summed E-state index contributed by atoms with van der Waals surface area (Å²) in [6.45, 7) is 1.83. The predicted molar refractivity (Wildman–Crippen MR) is 73.4 cm³/mol. The van der Waals surface area contributed by atoms with Crippen LogP contribution in [0.4, 0.5) is 4.39 Å². The van der Waals surface area contributed by atoms with Gasteiger partial charge >= 0.3 is 0 Å². The zero-order valence-electron chi connectivity index (χ0n) is 11.5. The molecule has 0 amide bonds. The Labute approximate surface area is 117 Å². The summed E-state index contributed by atoms with van der Waals surface area (Å²) in [6, 6.07) is 4.69. The van der Waals surface area contributed by atoms with Crippen LogP contribution in [0.3, 0.4) is 0 Å². The lowest BCUT2D eigenvalue weighted by Gasteiger charge is -2.29. The molecule has 1 aromatic carbocycles. The zero-order chi connectivity index (χ0) is 14.2. The second kappa shape index (κ2) is 4.98. The minimum absolute atomic E-state index is 0.306. The van der Waals surface area contributed by atoms with Crippen molar-refractivity contribution in [1.29, 1.82) is 0 Å². The van der Waals surface area contributed by atoms with Crippen molar-refractivity contribution in [3.8, 4) is 11.5 Å². The number of aryl methyl sites for hydroxylation is 1. The second-order valence-electron chi connectivity index (χ2n) is 5.66. The molecule has 3 rings (SSSR count). The Hall–Kier alpha value is -1.75. The van der Waals surface area contributed by atoms with Crippen molar-refractivity contribution in [2.75, 3.05) is 0 Å². The highest BCUT2D eigenvalue weighted by Gasteiger charge is 2.34. The molecule has 1 heterocycles. The molecule has 0 saturated heterocycles. The van der Waals surface area contributed by atoms with Gasteiger partial charge < -0.3 is 10.3 Å². The van der Waals surface area contributed by atoms with Gasteiger partial charge in [-0.1, -0.05) is 24.4 Å². The Balaban J connectivity index is 1.93. The molecule has 0 bridgehead atoms. The van der Waals surface area contributed by atoms with E-state index in [-0.39, 0.29) is 5.82 Å². The standard InChI is InChI=1S/C15H18FN3O/c1-10-7-11(9-12(16)8-10)13-18-14(19-20-13)15(17)5-3-2-4-6-15/h7-9H,2-6,17H2,1H3. The molecule has 1 aliphatic rings. The van der Waals surface area contributed by atoms with Gasteiger partial charge in [-0.05, 0) is 43.5 Å². The summed E-state index contributed by atoms with van der Waals surface area (Å²) in [7, 11) is 0. The molecule has 2 aromatic rings. The summed E-state index contributed by atoms with van der Waals surface area (Å²) < 4.78 is 18.7. The third-order valence-electron chi connectivity index (χ3n) is 3.91. The van der Waals surface area contributed by atoms with E-state index in [0.29, 0.717) is 17.3 Å². The molecule has 1 aliphatic carbocycles. The van der Waals surface area contributed by atoms with Gasteiger partial charge in [0, 0.05) is 5.56 Å². The van der Waals surface area contributed by atoms with Crippen LogP contribution < -0.4 is 5.73 Å². The number of hydrogen-bond acceptors (Lipinski definition) is 4. The fourth-order valence-electron chi connectivity index (χ4n) is 2.81. The van der Waals surface area contributed by atoms with E-state index in [1.54, 1.807) is 0 Å². The first-order chi connectivity index (χ1) is 9.57. The van der Waals surface area contributed by atoms with Crippen molar-refractivity contribution in [3.05, 3.63) is 35.4 Å². The lowest BCUT2D eigenvalue weighted by Crippen LogP contribution is -2.39. The fourth-order valence-corrected chi connectivity index (χ4v) is 2.81. The number of rotatable bonds is 2. The first-order valence-corrected chi connectivity index (χ1v) is 6.97. The highest BCUT2D eigenvalue weighted by molar-refractivity contribution is 5.54. The number of aromatic nitrogens is 2. The van der Waals surface area contributed by atoms with E-state index < -0.39 is 5.54 Å². The minimum Gasteiger partial charge on any atom is -0.334 e. The zero-order valence-corrected chi connectivity index (χ0v) is 11.5. The molecule has 106 valence electrons. The van der Waals surface area contributed by atoms with E-state index in [4.69, 9.17) is 10.3 Å². The number of hydrogen-bond donors (Lipinski definition) is 1. The van der Waals surface area contributed by atoms with Gasteiger partial charge in [-0.3, -0.25) is 0 Å². The molecule has 0 spiro atoms. The van der Waals surface area contributed by atoms with Gasteiger partial charge in [0.15, 0.2) is 5.82 Å². The SMILES string of the molecule is Cc1cc(F)cc(-c2nc(C3(N)CCCCC3)no2)c1. The van der Waals surface area contributed by atoms with Crippen LogP contribution in [0.15, 0.2) is 22.7 Å². The Bertz CT molecular complexity index is 597. The van der Waals surface area contributed by atoms with E-state index in [1.807, 2.05) is 13.0 Å². The van der Waals surface area contributed by atoms with Crippen molar-refractivity contribution in [3.63, 3.8) is 0 Å². The van der Waals surface area contributed by atoms with Crippen LogP contribution in [0, 0.1) is 12.7 Å². The molecule has 1 fully saturated rings. The van der Waals surface area contributed by atoms with E-state index in [9.17, 15) is 4.39 Å². The fraction of sp³-hybridized carbons (Fsp3) is 0.467. The largest absolute Gasteiger partial charge is 0.334 e. The maximum absolute atomic E-state index is 13.4.